The fourth-order valence-corrected chi connectivity index (χ4v) is 1.13. The molecule has 0 atom stereocenters. The molecule has 0 aliphatic heterocycles. The molecular weight excluding hydrogens is 164 g/mol. The van der Waals surface area contributed by atoms with Crippen LogP contribution in [0.3, 0.4) is 0 Å². The largest absolute Gasteiger partial charge is 0.285 e. The number of pyridine rings is 1. The SMILES string of the molecule is N#Cc1cnc2ccccn2c1=N. The van der Waals surface area contributed by atoms with E-state index in [1.165, 1.54) is 6.20 Å². The van der Waals surface area contributed by atoms with E-state index < -0.39 is 0 Å². The summed E-state index contributed by atoms with van der Waals surface area (Å²) in [5.41, 5.74) is 1.13. The van der Waals surface area contributed by atoms with E-state index in [1.807, 2.05) is 12.1 Å². The second-order valence-corrected chi connectivity index (χ2v) is 2.56. The zero-order chi connectivity index (χ0) is 9.26. The van der Waals surface area contributed by atoms with Gasteiger partial charge in [-0.25, -0.2) is 4.98 Å². The van der Waals surface area contributed by atoms with Crippen LogP contribution in [0.25, 0.3) is 5.65 Å². The summed E-state index contributed by atoms with van der Waals surface area (Å²) in [4.78, 5) is 4.03. The monoisotopic (exact) mass is 170 g/mol. The van der Waals surface area contributed by atoms with Crippen molar-refractivity contribution in [3.8, 4) is 6.07 Å². The first-order valence-corrected chi connectivity index (χ1v) is 3.74. The van der Waals surface area contributed by atoms with E-state index >= 15 is 0 Å². The molecule has 4 nitrogen and oxygen atoms in total. The van der Waals surface area contributed by atoms with Crippen LogP contribution in [0.5, 0.6) is 0 Å². The molecule has 0 saturated carbocycles. The zero-order valence-corrected chi connectivity index (χ0v) is 6.73. The predicted molar refractivity (Wildman–Crippen MR) is 45.8 cm³/mol. The van der Waals surface area contributed by atoms with Gasteiger partial charge in [-0.1, -0.05) is 6.07 Å². The van der Waals surface area contributed by atoms with Crippen molar-refractivity contribution >= 4 is 5.65 Å². The van der Waals surface area contributed by atoms with Gasteiger partial charge < -0.3 is 0 Å². The third-order valence-corrected chi connectivity index (χ3v) is 1.78. The molecule has 0 fully saturated rings. The van der Waals surface area contributed by atoms with Crippen molar-refractivity contribution < 1.29 is 0 Å². The minimum absolute atomic E-state index is 0.174. The molecule has 0 aromatic carbocycles. The molecule has 2 aromatic heterocycles. The Labute approximate surface area is 74.2 Å². The molecule has 0 radical (unpaired) electrons. The molecule has 0 amide bonds. The van der Waals surface area contributed by atoms with Crippen molar-refractivity contribution in [1.82, 2.24) is 9.38 Å². The molecule has 62 valence electrons. The lowest BCUT2D eigenvalue weighted by molar-refractivity contribution is 0.961. The molecule has 0 unspecified atom stereocenters. The highest BCUT2D eigenvalue weighted by Gasteiger charge is 1.98. The molecule has 2 aromatic rings. The second-order valence-electron chi connectivity index (χ2n) is 2.56. The highest BCUT2D eigenvalue weighted by atomic mass is 15.0. The summed E-state index contributed by atoms with van der Waals surface area (Å²) in [7, 11) is 0. The highest BCUT2D eigenvalue weighted by molar-refractivity contribution is 5.39. The maximum atomic E-state index is 8.65. The van der Waals surface area contributed by atoms with Crippen LogP contribution in [0.4, 0.5) is 0 Å². The topological polar surface area (TPSA) is 64.9 Å². The van der Waals surface area contributed by atoms with Gasteiger partial charge in [0.15, 0.2) is 0 Å². The van der Waals surface area contributed by atoms with Crippen LogP contribution in [0.2, 0.25) is 0 Å². The van der Waals surface area contributed by atoms with Crippen molar-refractivity contribution in [2.24, 2.45) is 0 Å². The Kier molecular flexibility index (Phi) is 1.57. The Hall–Kier alpha value is -2.15. The summed E-state index contributed by atoms with van der Waals surface area (Å²) in [6, 6.07) is 7.35. The summed E-state index contributed by atoms with van der Waals surface area (Å²) < 4.78 is 1.57. The molecule has 0 bridgehead atoms. The minimum Gasteiger partial charge on any atom is -0.285 e. The van der Waals surface area contributed by atoms with Crippen molar-refractivity contribution in [2.45, 2.75) is 0 Å². The average molecular weight is 170 g/mol. The number of hydrogen-bond acceptors (Lipinski definition) is 3. The van der Waals surface area contributed by atoms with Gasteiger partial charge in [-0.15, -0.1) is 0 Å². The van der Waals surface area contributed by atoms with Crippen LogP contribution in [0.1, 0.15) is 5.56 Å². The quantitative estimate of drug-likeness (QED) is 0.632. The summed E-state index contributed by atoms with van der Waals surface area (Å²) in [6.07, 6.45) is 3.13. The summed E-state index contributed by atoms with van der Waals surface area (Å²) >= 11 is 0. The normalized spacial score (nSPS) is 9.77. The maximum absolute atomic E-state index is 8.65. The number of hydrogen-bond donors (Lipinski definition) is 1. The third kappa shape index (κ3) is 1.07. The van der Waals surface area contributed by atoms with Gasteiger partial charge in [0.2, 0.25) is 0 Å². The molecule has 13 heavy (non-hydrogen) atoms. The molecule has 1 N–H and O–H groups in total. The minimum atomic E-state index is 0.174. The molecule has 4 heteroatoms. The van der Waals surface area contributed by atoms with E-state index in [-0.39, 0.29) is 11.1 Å². The second kappa shape index (κ2) is 2.72. The standard InChI is InChI=1S/C9H6N4/c10-5-7-6-12-8-3-1-2-4-13(8)9(7)11/h1-4,6,11H. The van der Waals surface area contributed by atoms with Gasteiger partial charge in [-0.05, 0) is 12.1 Å². The summed E-state index contributed by atoms with van der Waals surface area (Å²) in [5.74, 6) is 0. The van der Waals surface area contributed by atoms with E-state index in [9.17, 15) is 0 Å². The van der Waals surface area contributed by atoms with E-state index in [1.54, 1.807) is 22.7 Å². The van der Waals surface area contributed by atoms with Gasteiger partial charge in [0.25, 0.3) is 0 Å². The van der Waals surface area contributed by atoms with E-state index in [4.69, 9.17) is 10.7 Å². The Morgan fingerprint density at radius 2 is 2.31 bits per heavy atom. The first-order valence-electron chi connectivity index (χ1n) is 3.74. The smallest absolute Gasteiger partial charge is 0.150 e. The van der Waals surface area contributed by atoms with Crippen molar-refractivity contribution in [3.05, 3.63) is 41.6 Å². The van der Waals surface area contributed by atoms with Crippen LogP contribution >= 0.6 is 0 Å². The molecule has 2 rings (SSSR count). The first kappa shape index (κ1) is 7.50. The van der Waals surface area contributed by atoms with Gasteiger partial charge in [0, 0.05) is 6.20 Å². The lowest BCUT2D eigenvalue weighted by Crippen LogP contribution is -2.17. The number of nitrogens with one attached hydrogen (secondary N) is 1. The van der Waals surface area contributed by atoms with Gasteiger partial charge in [-0.2, -0.15) is 5.26 Å². The van der Waals surface area contributed by atoms with Crippen LogP contribution in [0.15, 0.2) is 30.6 Å². The van der Waals surface area contributed by atoms with E-state index in [0.29, 0.717) is 5.65 Å². The molecular formula is C9H6N4. The van der Waals surface area contributed by atoms with E-state index in [0.717, 1.165) is 0 Å². The van der Waals surface area contributed by atoms with Crippen molar-refractivity contribution in [1.29, 1.82) is 10.7 Å². The molecule has 2 heterocycles. The molecule has 0 aliphatic carbocycles. The Bertz CT molecular complexity index is 547. The summed E-state index contributed by atoms with van der Waals surface area (Å²) in [6.45, 7) is 0. The fourth-order valence-electron chi connectivity index (χ4n) is 1.13. The highest BCUT2D eigenvalue weighted by Crippen LogP contribution is 1.95. The lowest BCUT2D eigenvalue weighted by Gasteiger charge is -1.99. The number of fused-ring (bicyclic) bond motifs is 1. The van der Waals surface area contributed by atoms with E-state index in [2.05, 4.69) is 4.98 Å². The third-order valence-electron chi connectivity index (χ3n) is 1.78. The molecule has 0 aliphatic rings. The Balaban J connectivity index is 2.98. The van der Waals surface area contributed by atoms with Gasteiger partial charge in [0.05, 0.1) is 6.20 Å². The van der Waals surface area contributed by atoms with Crippen molar-refractivity contribution in [2.75, 3.05) is 0 Å². The number of aromatic nitrogens is 2. The Morgan fingerprint density at radius 1 is 1.46 bits per heavy atom. The van der Waals surface area contributed by atoms with Gasteiger partial charge >= 0.3 is 0 Å². The Morgan fingerprint density at radius 3 is 3.08 bits per heavy atom. The fraction of sp³-hybridized carbons (Fsp3) is 0. The van der Waals surface area contributed by atoms with Gasteiger partial charge in [-0.3, -0.25) is 9.81 Å². The summed E-state index contributed by atoms with van der Waals surface area (Å²) in [5, 5.41) is 16.3. The van der Waals surface area contributed by atoms with Crippen LogP contribution in [-0.2, 0) is 0 Å². The zero-order valence-electron chi connectivity index (χ0n) is 6.73. The number of nitrogens with zero attached hydrogens (tertiary/aromatic N) is 3. The molecule has 0 spiro atoms. The first-order chi connectivity index (χ1) is 6.33. The van der Waals surface area contributed by atoms with Crippen LogP contribution < -0.4 is 5.49 Å². The van der Waals surface area contributed by atoms with Crippen molar-refractivity contribution in [3.63, 3.8) is 0 Å². The lowest BCUT2D eigenvalue weighted by atomic mass is 10.3. The average Bonchev–Trinajstić information content (AvgIpc) is 2.19. The van der Waals surface area contributed by atoms with Crippen LogP contribution in [-0.4, -0.2) is 9.38 Å². The van der Waals surface area contributed by atoms with Gasteiger partial charge in [0.1, 0.15) is 22.8 Å². The predicted octanol–water partition coefficient (Wildman–Crippen LogP) is 0.685. The van der Waals surface area contributed by atoms with Crippen LogP contribution in [0, 0.1) is 16.7 Å². The molecule has 0 saturated heterocycles. The number of rotatable bonds is 0. The maximum Gasteiger partial charge on any atom is 0.150 e. The number of nitriles is 1.